The first-order valence-corrected chi connectivity index (χ1v) is 50.4. The van der Waals surface area contributed by atoms with Gasteiger partial charge in [0.05, 0.1) is 0 Å². The molecule has 0 aromatic heterocycles. The summed E-state index contributed by atoms with van der Waals surface area (Å²) >= 11 is 182. The van der Waals surface area contributed by atoms with Crippen LogP contribution in [-0.2, 0) is 0 Å². The van der Waals surface area contributed by atoms with Gasteiger partial charge in [0.15, 0.2) is 4.29 Å². The van der Waals surface area contributed by atoms with E-state index in [9.17, 15) is 0 Å². The van der Waals surface area contributed by atoms with Gasteiger partial charge >= 0.3 is 0 Å². The van der Waals surface area contributed by atoms with Gasteiger partial charge in [-0.05, 0) is 0 Å². The van der Waals surface area contributed by atoms with E-state index in [1.165, 1.54) is 0 Å². The lowest BCUT2D eigenvalue weighted by Gasteiger charge is -2.63. The van der Waals surface area contributed by atoms with Crippen LogP contribution in [0.25, 0.3) is 0 Å². The third-order valence-electron chi connectivity index (χ3n) is 8.20. The van der Waals surface area contributed by atoms with Crippen molar-refractivity contribution in [2.45, 2.75) is 69.0 Å². The first-order valence-electron chi connectivity index (χ1n) is 13.9. The summed E-state index contributed by atoms with van der Waals surface area (Å²) in [7, 11) is 0. The molecule has 0 heterocycles. The molecule has 0 rings (SSSR count). The lowest BCUT2D eigenvalue weighted by atomic mass is 10.0. The van der Waals surface area contributed by atoms with Crippen molar-refractivity contribution >= 4 is 733 Å². The molecular formula is C22Br46. The quantitative estimate of drug-likeness (QED) is 0.113. The Morgan fingerprint density at radius 3 is 0.162 bits per heavy atom. The minimum absolute atomic E-state index is 0.935. The van der Waals surface area contributed by atoms with Crippen molar-refractivity contribution in [3.05, 3.63) is 0 Å². The fraction of sp³-hybridized carbons (Fsp3) is 1.00. The van der Waals surface area contributed by atoms with Crippen LogP contribution in [0.5, 0.6) is 0 Å². The molecule has 0 radical (unpaired) electrons. The number of hydrogen-bond donors (Lipinski definition) is 0. The van der Waals surface area contributed by atoms with E-state index < -0.39 is 69.0 Å². The molecule has 0 spiro atoms. The number of hydrogen-bond acceptors (Lipinski definition) is 0. The zero-order chi connectivity index (χ0) is 57.0. The Labute approximate surface area is 780 Å². The summed E-state index contributed by atoms with van der Waals surface area (Å²) in [5, 5.41) is 0. The van der Waals surface area contributed by atoms with E-state index in [1.807, 2.05) is 0 Å². The normalized spacial score (nSPS) is 17.6. The first kappa shape index (κ1) is 90.1. The van der Waals surface area contributed by atoms with E-state index in [4.69, 9.17) is 0 Å². The highest BCUT2D eigenvalue weighted by molar-refractivity contribution is 9.44. The van der Waals surface area contributed by atoms with Crippen molar-refractivity contribution in [3.8, 4) is 0 Å². The van der Waals surface area contributed by atoms with Crippen LogP contribution in [0.1, 0.15) is 0 Å². The van der Waals surface area contributed by atoms with Crippen LogP contribution in [0, 0.1) is 0 Å². The second kappa shape index (κ2) is 29.1. The minimum atomic E-state index is -1.43. The first-order chi connectivity index (χ1) is 28.2. The summed E-state index contributed by atoms with van der Waals surface area (Å²) in [6.45, 7) is 0. The maximum atomic E-state index is 4.08. The summed E-state index contributed by atoms with van der Waals surface area (Å²) in [5.41, 5.74) is 0. The van der Waals surface area contributed by atoms with Crippen molar-refractivity contribution in [2.24, 2.45) is 0 Å². The molecule has 0 aromatic carbocycles. The summed E-state index contributed by atoms with van der Waals surface area (Å²) in [6.07, 6.45) is 0. The molecule has 0 aromatic rings. The average Bonchev–Trinajstić information content (AvgIpc) is 3.08. The molecule has 68 heavy (non-hydrogen) atoms. The van der Waals surface area contributed by atoms with Crippen LogP contribution >= 0.6 is 733 Å². The number of rotatable bonds is 19. The lowest BCUT2D eigenvalue weighted by molar-refractivity contribution is 0.513. The van der Waals surface area contributed by atoms with Crippen LogP contribution in [-0.4, -0.2) is 69.0 Å². The molecule has 0 amide bonds. The molecule has 0 unspecified atom stereocenters. The van der Waals surface area contributed by atoms with Gasteiger partial charge in [-0.1, -0.05) is 733 Å². The highest BCUT2D eigenvalue weighted by atomic mass is 80.0. The van der Waals surface area contributed by atoms with Gasteiger partial charge in [0.2, 0.25) is 0 Å². The fourth-order valence-corrected chi connectivity index (χ4v) is 50.6. The van der Waals surface area contributed by atoms with E-state index in [2.05, 4.69) is 733 Å². The Bertz CT molecular complexity index is 1690. The topological polar surface area (TPSA) is 0 Å². The third kappa shape index (κ3) is 15.0. The van der Waals surface area contributed by atoms with Gasteiger partial charge in [0, 0.05) is 0 Å². The van der Waals surface area contributed by atoms with Crippen LogP contribution < -0.4 is 0 Å². The van der Waals surface area contributed by atoms with Gasteiger partial charge in [-0.3, -0.25) is 0 Å². The van der Waals surface area contributed by atoms with E-state index in [0.29, 0.717) is 0 Å². The lowest BCUT2D eigenvalue weighted by Crippen LogP contribution is -2.74. The van der Waals surface area contributed by atoms with Crippen molar-refractivity contribution in [3.63, 3.8) is 0 Å². The van der Waals surface area contributed by atoms with E-state index >= 15 is 0 Å². The molecule has 0 atom stereocenters. The summed E-state index contributed by atoms with van der Waals surface area (Å²) in [4.78, 5) is 0. The third-order valence-corrected chi connectivity index (χ3v) is 106. The zero-order valence-corrected chi connectivity index (χ0v) is 101. The van der Waals surface area contributed by atoms with Gasteiger partial charge in [0.1, 0.15) is 64.7 Å². The molecule has 0 nitrogen and oxygen atoms in total. The number of alkyl halides is 46. The fourth-order valence-electron chi connectivity index (χ4n) is 3.91. The maximum Gasteiger partial charge on any atom is 0.162 e. The van der Waals surface area contributed by atoms with Crippen molar-refractivity contribution < 1.29 is 0 Å². The van der Waals surface area contributed by atoms with E-state index in [-0.39, 0.29) is 0 Å². The summed E-state index contributed by atoms with van der Waals surface area (Å²) in [6, 6.07) is 0. The number of halogens is 46. The molecule has 0 saturated carbocycles. The molecule has 0 aliphatic carbocycles. The molecule has 0 bridgehead atoms. The predicted molar refractivity (Wildman–Crippen MR) is 471 cm³/mol. The van der Waals surface area contributed by atoms with Crippen LogP contribution in [0.15, 0.2) is 0 Å². The Hall–Kier alpha value is 22.1. The van der Waals surface area contributed by atoms with Gasteiger partial charge in [0.25, 0.3) is 0 Å². The molecule has 0 saturated heterocycles. The molecule has 0 aliphatic heterocycles. The smallest absolute Gasteiger partial charge is 0.0675 e. The SMILES string of the molecule is BrC(Br)(Br)C(Br)(Br)C(Br)(Br)C(Br)(Br)C(Br)(Br)C(Br)(Br)C(Br)(Br)C(Br)(Br)C(Br)(Br)C(Br)(Br)C(Br)(Br)C(Br)(Br)C(Br)(Br)C(Br)(Br)C(Br)(Br)C(Br)(Br)C(Br)(Br)C(Br)(Br)C(Br)(Br)C(Br)(Br)C(Br)(Br)C(Br)(Br)Br. The summed E-state index contributed by atoms with van der Waals surface area (Å²) in [5.74, 6) is 0. The monoisotopic (exact) mass is 3890 g/mol. The largest absolute Gasteiger partial charge is 0.162 e. The Balaban J connectivity index is 8.09. The second-order valence-electron chi connectivity index (χ2n) is 12.5. The highest BCUT2D eigenvalue weighted by Gasteiger charge is 2.86. The minimum Gasteiger partial charge on any atom is -0.0675 e. The Morgan fingerprint density at radius 2 is 0.118 bits per heavy atom. The van der Waals surface area contributed by atoms with Crippen LogP contribution in [0.4, 0.5) is 0 Å². The van der Waals surface area contributed by atoms with Gasteiger partial charge in [-0.15, -0.1) is 0 Å². The maximum absolute atomic E-state index is 4.08. The predicted octanol–water partition coefficient (Wildman–Crippen LogP) is 34.4. The molecule has 46 heteroatoms. The Kier molecular flexibility index (Phi) is 38.6. The zero-order valence-electron chi connectivity index (χ0n) is 28.4. The van der Waals surface area contributed by atoms with Gasteiger partial charge in [-0.2, -0.15) is 0 Å². The van der Waals surface area contributed by atoms with E-state index in [1.54, 1.807) is 0 Å². The van der Waals surface area contributed by atoms with Gasteiger partial charge < -0.3 is 0 Å². The van der Waals surface area contributed by atoms with Crippen LogP contribution in [0.2, 0.25) is 0 Å². The highest BCUT2D eigenvalue weighted by Crippen LogP contribution is 2.85. The van der Waals surface area contributed by atoms with Crippen molar-refractivity contribution in [1.82, 2.24) is 0 Å². The average molecular weight is 3940 g/mol. The van der Waals surface area contributed by atoms with E-state index in [0.717, 1.165) is 0 Å². The molecule has 0 fully saturated rings. The molecular weight excluding hydrogens is 3940 g/mol. The summed E-state index contributed by atoms with van der Waals surface area (Å²) < 4.78 is -28.1. The second-order valence-corrected chi connectivity index (χ2v) is 94.9. The molecule has 0 aliphatic rings. The standard InChI is InChI=1S/C22Br46/c23-1(24,3(27,28)5(31,32)7(35,36)9(39,40)11(43,44)13(47,48)15(51,52)17(55,56)19(59,60)21(63,64)65)2(25,26)4(29,30)6(33,34)8(37,38)10(41,42)12(45,46)14(49,50)16(53,54)18(57,58)20(61,62)22(66,67)68. The Morgan fingerprint density at radius 1 is 0.0735 bits per heavy atom. The van der Waals surface area contributed by atoms with Crippen molar-refractivity contribution in [1.29, 1.82) is 0 Å². The molecule has 410 valence electrons. The van der Waals surface area contributed by atoms with Crippen molar-refractivity contribution in [2.75, 3.05) is 0 Å². The van der Waals surface area contributed by atoms with Gasteiger partial charge in [-0.25, -0.2) is 0 Å². The van der Waals surface area contributed by atoms with Crippen LogP contribution in [0.3, 0.4) is 0 Å². The molecule has 0 N–H and O–H groups in total.